The number of hydrogen-bond acceptors (Lipinski definition) is 3. The molecular weight excluding hydrogens is 479 g/mol. The van der Waals surface area contributed by atoms with Gasteiger partial charge in [0.1, 0.15) is 11.9 Å². The van der Waals surface area contributed by atoms with Crippen molar-refractivity contribution in [2.75, 3.05) is 11.6 Å². The maximum Gasteiger partial charge on any atom is 0.432 e. The third-order valence-electron chi connectivity index (χ3n) is 4.95. The minimum atomic E-state index is -4.87. The molecule has 0 fully saturated rings. The van der Waals surface area contributed by atoms with Gasteiger partial charge in [-0.05, 0) is 53.6 Å². The van der Waals surface area contributed by atoms with Crippen molar-refractivity contribution in [3.8, 4) is 5.69 Å². The van der Waals surface area contributed by atoms with Crippen molar-refractivity contribution in [1.29, 1.82) is 0 Å². The number of fused-ring (bicyclic) bond motifs is 1. The highest BCUT2D eigenvalue weighted by Gasteiger charge is 2.39. The molecule has 0 saturated heterocycles. The summed E-state index contributed by atoms with van der Waals surface area (Å²) >= 11 is 4.69. The Hall–Kier alpha value is -3.21. The van der Waals surface area contributed by atoms with Crippen molar-refractivity contribution in [3.05, 3.63) is 87.6 Å². The Labute approximate surface area is 193 Å². The van der Waals surface area contributed by atoms with Gasteiger partial charge in [0.25, 0.3) is 11.5 Å². The number of carbonyl (C=O) groups excluding carboxylic acids is 1. The van der Waals surface area contributed by atoms with Crippen LogP contribution in [0.2, 0.25) is 5.02 Å². The van der Waals surface area contributed by atoms with Gasteiger partial charge in [-0.15, -0.1) is 0 Å². The van der Waals surface area contributed by atoms with E-state index in [4.69, 9.17) is 11.6 Å². The first kappa shape index (κ1) is 23.0. The van der Waals surface area contributed by atoms with Crippen molar-refractivity contribution in [2.24, 2.45) is 0 Å². The van der Waals surface area contributed by atoms with Crippen molar-refractivity contribution >= 4 is 45.1 Å². The fourth-order valence-corrected chi connectivity index (χ4v) is 4.63. The normalized spacial score (nSPS) is 12.7. The molecule has 0 aliphatic heterocycles. The van der Waals surface area contributed by atoms with Gasteiger partial charge in [-0.25, -0.2) is 0 Å². The molecule has 33 heavy (non-hydrogen) atoms. The Bertz CT molecular complexity index is 1430. The summed E-state index contributed by atoms with van der Waals surface area (Å²) in [5, 5.41) is 3.02. The quantitative estimate of drug-likeness (QED) is 0.393. The second kappa shape index (κ2) is 8.62. The van der Waals surface area contributed by atoms with Gasteiger partial charge >= 0.3 is 6.18 Å². The molecule has 0 saturated carbocycles. The second-order valence-electron chi connectivity index (χ2n) is 7.04. The molecule has 1 atom stereocenters. The van der Waals surface area contributed by atoms with Crippen LogP contribution in [0.15, 0.2) is 70.6 Å². The lowest BCUT2D eigenvalue weighted by molar-refractivity contribution is -0.142. The Morgan fingerprint density at radius 1 is 1.15 bits per heavy atom. The summed E-state index contributed by atoms with van der Waals surface area (Å²) in [6.45, 7) is 0. The highest BCUT2D eigenvalue weighted by atomic mass is 35.5. The van der Waals surface area contributed by atoms with Gasteiger partial charge in [0, 0.05) is 28.9 Å². The Morgan fingerprint density at radius 3 is 2.58 bits per heavy atom. The van der Waals surface area contributed by atoms with Crippen LogP contribution in [0.5, 0.6) is 0 Å². The first-order valence-electron chi connectivity index (χ1n) is 9.41. The molecule has 4 aromatic rings. The summed E-state index contributed by atoms with van der Waals surface area (Å²) in [6.07, 6.45) is -0.974. The number of hydrogen-bond donors (Lipinski definition) is 2. The zero-order valence-electron chi connectivity index (χ0n) is 16.9. The van der Waals surface area contributed by atoms with Crippen LogP contribution in [0, 0.1) is 0 Å². The van der Waals surface area contributed by atoms with Crippen LogP contribution in [0.4, 0.5) is 18.9 Å². The average molecular weight is 494 g/mol. The highest BCUT2D eigenvalue weighted by Crippen LogP contribution is 2.36. The summed E-state index contributed by atoms with van der Waals surface area (Å²) in [4.78, 5) is 27.7. The fourth-order valence-electron chi connectivity index (χ4n) is 3.53. The summed E-state index contributed by atoms with van der Waals surface area (Å²) in [6, 6.07) is 11.1. The number of anilines is 1. The predicted molar refractivity (Wildman–Crippen MR) is 121 cm³/mol. The van der Waals surface area contributed by atoms with E-state index in [1.165, 1.54) is 54.9 Å². The topological polar surface area (TPSA) is 89.9 Å². The number of aromatic amines is 1. The summed E-state index contributed by atoms with van der Waals surface area (Å²) in [7, 11) is 0. The van der Waals surface area contributed by atoms with Crippen LogP contribution >= 0.6 is 11.6 Å². The fraction of sp³-hybridized carbons (Fsp3) is 0.0909. The largest absolute Gasteiger partial charge is 0.612 e. The molecule has 11 heteroatoms. The van der Waals surface area contributed by atoms with Gasteiger partial charge < -0.3 is 19.4 Å². The third-order valence-corrected chi connectivity index (χ3v) is 6.35. The molecule has 1 unspecified atom stereocenters. The molecule has 0 aliphatic carbocycles. The first-order chi connectivity index (χ1) is 15.6. The lowest BCUT2D eigenvalue weighted by Crippen LogP contribution is -2.20. The van der Waals surface area contributed by atoms with E-state index in [9.17, 15) is 27.3 Å². The SMILES string of the molecule is C[S+]([O-])c1ccc(NC(=O)c2ccn(-c3cccc4c(=O)[nH]ccc34)c2C(F)(F)F)cc1Cl. The molecule has 2 N–H and O–H groups in total. The number of amides is 1. The number of nitrogens with zero attached hydrogens (tertiary/aromatic N) is 1. The van der Waals surface area contributed by atoms with Gasteiger partial charge in [0.05, 0.1) is 16.3 Å². The van der Waals surface area contributed by atoms with Crippen LogP contribution in [0.1, 0.15) is 16.1 Å². The number of rotatable bonds is 4. The van der Waals surface area contributed by atoms with Crippen molar-refractivity contribution < 1.29 is 22.5 Å². The number of nitrogens with one attached hydrogen (secondary N) is 2. The molecule has 4 rings (SSSR count). The minimum Gasteiger partial charge on any atom is -0.612 e. The van der Waals surface area contributed by atoms with E-state index in [1.807, 2.05) is 0 Å². The number of H-pyrrole nitrogens is 1. The number of carbonyl (C=O) groups is 1. The summed E-state index contributed by atoms with van der Waals surface area (Å²) in [5.41, 5.74) is -1.99. The van der Waals surface area contributed by atoms with Crippen molar-refractivity contribution in [3.63, 3.8) is 0 Å². The maximum absolute atomic E-state index is 14.1. The average Bonchev–Trinajstić information content (AvgIpc) is 3.19. The molecule has 0 aliphatic rings. The molecule has 0 radical (unpaired) electrons. The predicted octanol–water partition coefficient (Wildman–Crippen LogP) is 4.98. The van der Waals surface area contributed by atoms with Gasteiger partial charge in [-0.3, -0.25) is 9.59 Å². The number of pyridine rings is 1. The lowest BCUT2D eigenvalue weighted by Gasteiger charge is -2.16. The molecule has 2 aromatic carbocycles. The summed E-state index contributed by atoms with van der Waals surface area (Å²) < 4.78 is 54.7. The Morgan fingerprint density at radius 2 is 1.91 bits per heavy atom. The van der Waals surface area contributed by atoms with E-state index in [-0.39, 0.29) is 21.8 Å². The van der Waals surface area contributed by atoms with E-state index in [0.29, 0.717) is 10.3 Å². The first-order valence-corrected chi connectivity index (χ1v) is 11.3. The smallest absolute Gasteiger partial charge is 0.432 e. The third kappa shape index (κ3) is 4.37. The van der Waals surface area contributed by atoms with Crippen LogP contribution in [0.25, 0.3) is 16.5 Å². The zero-order chi connectivity index (χ0) is 23.9. The van der Waals surface area contributed by atoms with E-state index < -0.39 is 40.1 Å². The highest BCUT2D eigenvalue weighted by molar-refractivity contribution is 7.90. The van der Waals surface area contributed by atoms with Crippen LogP contribution < -0.4 is 10.9 Å². The second-order valence-corrected chi connectivity index (χ2v) is 8.80. The Kier molecular flexibility index (Phi) is 6.00. The monoisotopic (exact) mass is 493 g/mol. The van der Waals surface area contributed by atoms with Crippen LogP contribution in [0.3, 0.4) is 0 Å². The van der Waals surface area contributed by atoms with Gasteiger partial charge in [-0.2, -0.15) is 13.2 Å². The summed E-state index contributed by atoms with van der Waals surface area (Å²) in [5.74, 6) is -0.999. The molecule has 0 spiro atoms. The van der Waals surface area contributed by atoms with E-state index in [1.54, 1.807) is 0 Å². The van der Waals surface area contributed by atoms with Gasteiger partial charge in [0.15, 0.2) is 4.90 Å². The Balaban J connectivity index is 1.79. The van der Waals surface area contributed by atoms with Gasteiger partial charge in [0.2, 0.25) is 0 Å². The number of aromatic nitrogens is 2. The molecule has 6 nitrogen and oxygen atoms in total. The molecule has 2 heterocycles. The molecule has 1 amide bonds. The van der Waals surface area contributed by atoms with Crippen LogP contribution in [-0.4, -0.2) is 26.3 Å². The minimum absolute atomic E-state index is 0.0998. The van der Waals surface area contributed by atoms with E-state index in [0.717, 1.165) is 16.8 Å². The van der Waals surface area contributed by atoms with Crippen molar-refractivity contribution in [1.82, 2.24) is 9.55 Å². The maximum atomic E-state index is 14.1. The van der Waals surface area contributed by atoms with Crippen LogP contribution in [-0.2, 0) is 17.4 Å². The van der Waals surface area contributed by atoms with Gasteiger partial charge in [-0.1, -0.05) is 17.7 Å². The molecule has 2 aromatic heterocycles. The van der Waals surface area contributed by atoms with Crippen molar-refractivity contribution in [2.45, 2.75) is 11.1 Å². The molecular formula is C22H15ClF3N3O3S. The standard InChI is InChI=1S/C22H15ClF3N3O3S/c1-33(32)18-6-5-12(11-16(18)23)28-21(31)15-8-10-29(19(15)22(24,25)26)17-4-2-3-14-13(17)7-9-27-20(14)30/h2-11H,1H3,(H,27,30)(H,28,31). The zero-order valence-corrected chi connectivity index (χ0v) is 18.4. The molecule has 0 bridgehead atoms. The van der Waals surface area contributed by atoms with E-state index >= 15 is 0 Å². The number of halogens is 4. The molecule has 170 valence electrons. The number of benzene rings is 2. The number of alkyl halides is 3. The van der Waals surface area contributed by atoms with E-state index in [2.05, 4.69) is 10.3 Å². The lowest BCUT2D eigenvalue weighted by atomic mass is 10.1.